The predicted molar refractivity (Wildman–Crippen MR) is 91.4 cm³/mol. The fourth-order valence-corrected chi connectivity index (χ4v) is 3.82. The first-order valence-electron chi connectivity index (χ1n) is 8.28. The zero-order valence-electron chi connectivity index (χ0n) is 13.9. The lowest BCUT2D eigenvalue weighted by Crippen LogP contribution is -2.45. The third-order valence-electron chi connectivity index (χ3n) is 4.21. The minimum atomic E-state index is -0.579. The maximum Gasteiger partial charge on any atom is 0.309 e. The van der Waals surface area contributed by atoms with E-state index in [0.29, 0.717) is 6.54 Å². The van der Waals surface area contributed by atoms with Crippen LogP contribution in [0, 0.1) is 6.92 Å². The third-order valence-corrected chi connectivity index (χ3v) is 5.30. The normalized spacial score (nSPS) is 17.3. The molecule has 1 saturated carbocycles. The Hall–Kier alpha value is -1.40. The minimum Gasteiger partial charge on any atom is -0.374 e. The number of ether oxygens (including phenoxy) is 1. The average molecular weight is 338 g/mol. The van der Waals surface area contributed by atoms with E-state index in [4.69, 9.17) is 4.74 Å². The van der Waals surface area contributed by atoms with Gasteiger partial charge in [-0.2, -0.15) is 0 Å². The van der Waals surface area contributed by atoms with Crippen molar-refractivity contribution in [3.63, 3.8) is 0 Å². The van der Waals surface area contributed by atoms with Gasteiger partial charge in [-0.15, -0.1) is 11.3 Å². The van der Waals surface area contributed by atoms with Gasteiger partial charge >= 0.3 is 11.8 Å². The number of carbonyl (C=O) groups excluding carboxylic acids is 2. The molecule has 1 aliphatic carbocycles. The Labute approximate surface area is 141 Å². The third kappa shape index (κ3) is 5.62. The van der Waals surface area contributed by atoms with Crippen molar-refractivity contribution < 1.29 is 14.3 Å². The molecule has 2 rings (SSSR count). The van der Waals surface area contributed by atoms with Crippen molar-refractivity contribution in [1.29, 1.82) is 0 Å². The van der Waals surface area contributed by atoms with Gasteiger partial charge in [-0.3, -0.25) is 9.59 Å². The highest BCUT2D eigenvalue weighted by Crippen LogP contribution is 2.24. The van der Waals surface area contributed by atoms with Crippen LogP contribution < -0.4 is 10.6 Å². The lowest BCUT2D eigenvalue weighted by molar-refractivity contribution is -0.140. The van der Waals surface area contributed by atoms with Crippen molar-refractivity contribution in [2.24, 2.45) is 0 Å². The van der Waals surface area contributed by atoms with Crippen LogP contribution in [0.1, 0.15) is 54.4 Å². The fraction of sp³-hybridized carbons (Fsp3) is 0.647. The van der Waals surface area contributed by atoms with Crippen LogP contribution in [-0.4, -0.2) is 31.5 Å². The van der Waals surface area contributed by atoms with Crippen molar-refractivity contribution >= 4 is 23.2 Å². The molecule has 0 bridgehead atoms. The molecule has 2 amide bonds. The van der Waals surface area contributed by atoms with Gasteiger partial charge in [0.25, 0.3) is 0 Å². The number of amides is 2. The second kappa shape index (κ2) is 9.03. The van der Waals surface area contributed by atoms with Gasteiger partial charge in [0.2, 0.25) is 0 Å². The maximum atomic E-state index is 12.0. The summed E-state index contributed by atoms with van der Waals surface area (Å²) < 4.78 is 5.41. The molecular formula is C17H26N2O3S. The van der Waals surface area contributed by atoms with Crippen LogP contribution in [0.5, 0.6) is 0 Å². The zero-order valence-corrected chi connectivity index (χ0v) is 14.7. The Morgan fingerprint density at radius 2 is 1.91 bits per heavy atom. The van der Waals surface area contributed by atoms with Crippen molar-refractivity contribution in [3.8, 4) is 0 Å². The predicted octanol–water partition coefficient (Wildman–Crippen LogP) is 2.70. The Kier molecular flexibility index (Phi) is 7.05. The number of thiophene rings is 1. The molecule has 128 valence electrons. The number of nitrogens with one attached hydrogen (secondary N) is 2. The van der Waals surface area contributed by atoms with E-state index in [1.54, 1.807) is 18.4 Å². The Bertz CT molecular complexity index is 522. The SMILES string of the molecule is COC(CNC(=O)C(=O)NC1CCCCCC1)c1ccc(C)s1. The number of hydrogen-bond donors (Lipinski definition) is 2. The van der Waals surface area contributed by atoms with Gasteiger partial charge in [0.1, 0.15) is 6.10 Å². The van der Waals surface area contributed by atoms with Gasteiger partial charge in [-0.05, 0) is 31.9 Å². The summed E-state index contributed by atoms with van der Waals surface area (Å²) in [6.07, 6.45) is 6.39. The first-order chi connectivity index (χ1) is 11.1. The van der Waals surface area contributed by atoms with E-state index < -0.39 is 11.8 Å². The molecule has 1 aromatic rings. The topological polar surface area (TPSA) is 67.4 Å². The molecule has 1 fully saturated rings. The Balaban J connectivity index is 1.79. The molecule has 0 radical (unpaired) electrons. The molecule has 1 unspecified atom stereocenters. The van der Waals surface area contributed by atoms with Gasteiger partial charge in [0.15, 0.2) is 0 Å². The van der Waals surface area contributed by atoms with E-state index in [1.165, 1.54) is 17.7 Å². The summed E-state index contributed by atoms with van der Waals surface area (Å²) in [6.45, 7) is 2.33. The molecule has 1 aromatic heterocycles. The van der Waals surface area contributed by atoms with E-state index >= 15 is 0 Å². The summed E-state index contributed by atoms with van der Waals surface area (Å²) in [6, 6.07) is 4.15. The largest absolute Gasteiger partial charge is 0.374 e. The summed E-state index contributed by atoms with van der Waals surface area (Å²) in [4.78, 5) is 26.2. The first kappa shape index (κ1) is 17.9. The molecule has 5 nitrogen and oxygen atoms in total. The quantitative estimate of drug-likeness (QED) is 0.641. The maximum absolute atomic E-state index is 12.0. The van der Waals surface area contributed by atoms with Crippen LogP contribution in [0.4, 0.5) is 0 Å². The molecule has 0 aliphatic heterocycles. The molecule has 6 heteroatoms. The summed E-state index contributed by atoms with van der Waals surface area (Å²) in [5, 5.41) is 5.53. The number of aryl methyl sites for hydroxylation is 1. The number of carbonyl (C=O) groups is 2. The molecule has 0 saturated heterocycles. The van der Waals surface area contributed by atoms with E-state index in [0.717, 1.165) is 30.6 Å². The Morgan fingerprint density at radius 1 is 1.22 bits per heavy atom. The molecule has 1 heterocycles. The van der Waals surface area contributed by atoms with E-state index in [1.807, 2.05) is 19.1 Å². The number of methoxy groups -OCH3 is 1. The highest BCUT2D eigenvalue weighted by atomic mass is 32.1. The zero-order chi connectivity index (χ0) is 16.7. The van der Waals surface area contributed by atoms with Gasteiger partial charge in [-0.1, -0.05) is 25.7 Å². The van der Waals surface area contributed by atoms with Crippen LogP contribution >= 0.6 is 11.3 Å². The van der Waals surface area contributed by atoms with Crippen LogP contribution in [0.2, 0.25) is 0 Å². The van der Waals surface area contributed by atoms with E-state index in [9.17, 15) is 9.59 Å². The lowest BCUT2D eigenvalue weighted by Gasteiger charge is -2.17. The van der Waals surface area contributed by atoms with Crippen LogP contribution in [0.25, 0.3) is 0 Å². The van der Waals surface area contributed by atoms with Gasteiger partial charge < -0.3 is 15.4 Å². The van der Waals surface area contributed by atoms with Gasteiger partial charge in [-0.25, -0.2) is 0 Å². The standard InChI is InChI=1S/C17H26N2O3S/c1-12-9-10-15(23-12)14(22-2)11-18-16(20)17(21)19-13-7-5-3-4-6-8-13/h9-10,13-14H,3-8,11H2,1-2H3,(H,18,20)(H,19,21). The summed E-state index contributed by atoms with van der Waals surface area (Å²) in [7, 11) is 1.61. The summed E-state index contributed by atoms with van der Waals surface area (Å²) in [5.74, 6) is -1.11. The van der Waals surface area contributed by atoms with Gasteiger partial charge in [0, 0.05) is 29.5 Å². The molecule has 0 spiro atoms. The second-order valence-corrected chi connectivity index (χ2v) is 7.36. The lowest BCUT2D eigenvalue weighted by atomic mass is 10.1. The van der Waals surface area contributed by atoms with Crippen LogP contribution in [0.15, 0.2) is 12.1 Å². The van der Waals surface area contributed by atoms with Gasteiger partial charge in [0.05, 0.1) is 0 Å². The first-order valence-corrected chi connectivity index (χ1v) is 9.09. The van der Waals surface area contributed by atoms with Crippen molar-refractivity contribution in [2.75, 3.05) is 13.7 Å². The minimum absolute atomic E-state index is 0.133. The van der Waals surface area contributed by atoms with Crippen molar-refractivity contribution in [3.05, 3.63) is 21.9 Å². The highest BCUT2D eigenvalue weighted by molar-refractivity contribution is 7.12. The smallest absolute Gasteiger partial charge is 0.309 e. The van der Waals surface area contributed by atoms with E-state index in [2.05, 4.69) is 10.6 Å². The van der Waals surface area contributed by atoms with E-state index in [-0.39, 0.29) is 12.1 Å². The molecule has 2 N–H and O–H groups in total. The average Bonchev–Trinajstić information content (AvgIpc) is 2.81. The highest BCUT2D eigenvalue weighted by Gasteiger charge is 2.21. The molecule has 1 aliphatic rings. The summed E-state index contributed by atoms with van der Waals surface area (Å²) >= 11 is 1.63. The molecule has 23 heavy (non-hydrogen) atoms. The second-order valence-electron chi connectivity index (χ2n) is 6.04. The van der Waals surface area contributed by atoms with Crippen LogP contribution in [-0.2, 0) is 14.3 Å². The van der Waals surface area contributed by atoms with Crippen molar-refractivity contribution in [1.82, 2.24) is 10.6 Å². The number of rotatable bonds is 5. The summed E-state index contributed by atoms with van der Waals surface area (Å²) in [5.41, 5.74) is 0. The monoisotopic (exact) mass is 338 g/mol. The van der Waals surface area contributed by atoms with Crippen molar-refractivity contribution in [2.45, 2.75) is 57.6 Å². The molecule has 0 aromatic carbocycles. The van der Waals surface area contributed by atoms with Crippen LogP contribution in [0.3, 0.4) is 0 Å². The number of hydrogen-bond acceptors (Lipinski definition) is 4. The molecule has 1 atom stereocenters. The Morgan fingerprint density at radius 3 is 2.48 bits per heavy atom. The molecular weight excluding hydrogens is 312 g/mol. The fourth-order valence-electron chi connectivity index (χ4n) is 2.87.